The third kappa shape index (κ3) is 3.67. The lowest BCUT2D eigenvalue weighted by Crippen LogP contribution is -2.17. The summed E-state index contributed by atoms with van der Waals surface area (Å²) in [5.74, 6) is -0.319. The molecule has 1 N–H and O–H groups in total. The van der Waals surface area contributed by atoms with Crippen LogP contribution in [0.2, 0.25) is 0 Å². The number of thiocarbonyl (C=S) groups is 1. The maximum Gasteiger partial charge on any atom is 0.337 e. The second-order valence-corrected chi connectivity index (χ2v) is 3.71. The van der Waals surface area contributed by atoms with Crippen LogP contribution in [0.5, 0.6) is 0 Å². The minimum atomic E-state index is -0.319. The summed E-state index contributed by atoms with van der Waals surface area (Å²) < 4.78 is 4.60. The number of carbonyl (C=O) groups is 1. The van der Waals surface area contributed by atoms with E-state index in [-0.39, 0.29) is 5.97 Å². The second kappa shape index (κ2) is 5.46. The fourth-order valence-electron chi connectivity index (χ4n) is 1.10. The molecule has 80 valence electrons. The minimum Gasteiger partial charge on any atom is -0.465 e. The van der Waals surface area contributed by atoms with Gasteiger partial charge in [-0.1, -0.05) is 24.4 Å². The molecule has 0 aromatic heterocycles. The molecule has 0 aliphatic heterocycles. The van der Waals surface area contributed by atoms with Crippen molar-refractivity contribution in [1.29, 1.82) is 0 Å². The fraction of sp³-hybridized carbons (Fsp3) is 0.273. The quantitative estimate of drug-likeness (QED) is 0.627. The molecule has 0 fully saturated rings. The van der Waals surface area contributed by atoms with Crippen LogP contribution in [0.4, 0.5) is 0 Å². The average molecular weight is 223 g/mol. The molecule has 0 spiro atoms. The Morgan fingerprint density at radius 3 is 2.47 bits per heavy atom. The zero-order valence-corrected chi connectivity index (χ0v) is 9.56. The zero-order chi connectivity index (χ0) is 11.3. The predicted octanol–water partition coefficient (Wildman–Crippen LogP) is 1.91. The van der Waals surface area contributed by atoms with E-state index in [9.17, 15) is 4.79 Å². The highest BCUT2D eigenvalue weighted by atomic mass is 32.1. The summed E-state index contributed by atoms with van der Waals surface area (Å²) in [6.07, 6.45) is 0. The van der Waals surface area contributed by atoms with Crippen molar-refractivity contribution >= 4 is 23.2 Å². The maximum atomic E-state index is 11.1. The number of nitrogens with one attached hydrogen (secondary N) is 1. The second-order valence-electron chi connectivity index (χ2n) is 3.10. The Morgan fingerprint density at radius 1 is 1.40 bits per heavy atom. The molecule has 0 unspecified atom stereocenters. The first kappa shape index (κ1) is 11.7. The first-order valence-electron chi connectivity index (χ1n) is 4.55. The van der Waals surface area contributed by atoms with Crippen molar-refractivity contribution in [2.24, 2.45) is 0 Å². The molecular weight excluding hydrogens is 210 g/mol. The van der Waals surface area contributed by atoms with Crippen LogP contribution in [0.15, 0.2) is 24.3 Å². The molecule has 1 aromatic rings. The van der Waals surface area contributed by atoms with E-state index in [0.717, 1.165) is 10.6 Å². The molecule has 0 saturated heterocycles. The summed E-state index contributed by atoms with van der Waals surface area (Å²) in [5, 5.41) is 3.04. The van der Waals surface area contributed by atoms with Gasteiger partial charge < -0.3 is 10.1 Å². The largest absolute Gasteiger partial charge is 0.465 e. The van der Waals surface area contributed by atoms with Crippen LogP contribution < -0.4 is 5.32 Å². The van der Waals surface area contributed by atoms with Gasteiger partial charge in [0, 0.05) is 6.54 Å². The third-order valence-corrected chi connectivity index (χ3v) is 2.06. The van der Waals surface area contributed by atoms with E-state index < -0.39 is 0 Å². The van der Waals surface area contributed by atoms with Gasteiger partial charge in [-0.25, -0.2) is 4.79 Å². The monoisotopic (exact) mass is 223 g/mol. The van der Waals surface area contributed by atoms with Crippen molar-refractivity contribution in [3.8, 4) is 0 Å². The van der Waals surface area contributed by atoms with E-state index in [1.165, 1.54) is 7.11 Å². The molecule has 15 heavy (non-hydrogen) atoms. The number of rotatable bonds is 3. The van der Waals surface area contributed by atoms with Crippen molar-refractivity contribution < 1.29 is 9.53 Å². The summed E-state index contributed by atoms with van der Waals surface area (Å²) in [6, 6.07) is 7.22. The molecule has 0 radical (unpaired) electrons. The Morgan fingerprint density at radius 2 is 2.00 bits per heavy atom. The van der Waals surface area contributed by atoms with Crippen LogP contribution in [0.25, 0.3) is 0 Å². The lowest BCUT2D eigenvalue weighted by molar-refractivity contribution is 0.0600. The normalized spacial score (nSPS) is 9.47. The third-order valence-electron chi connectivity index (χ3n) is 1.92. The number of hydrogen-bond acceptors (Lipinski definition) is 3. The molecule has 1 rings (SSSR count). The van der Waals surface area contributed by atoms with Crippen LogP contribution in [-0.4, -0.2) is 18.1 Å². The predicted molar refractivity (Wildman–Crippen MR) is 62.9 cm³/mol. The molecule has 0 saturated carbocycles. The molecule has 0 aliphatic rings. The van der Waals surface area contributed by atoms with Gasteiger partial charge in [-0.2, -0.15) is 0 Å². The van der Waals surface area contributed by atoms with Gasteiger partial charge in [-0.05, 0) is 24.6 Å². The number of hydrogen-bond donors (Lipinski definition) is 1. The van der Waals surface area contributed by atoms with Gasteiger partial charge in [0.1, 0.15) is 0 Å². The van der Waals surface area contributed by atoms with E-state index in [2.05, 4.69) is 10.1 Å². The Labute approximate surface area is 94.4 Å². The first-order chi connectivity index (χ1) is 7.13. The molecule has 4 heteroatoms. The van der Waals surface area contributed by atoms with Crippen LogP contribution in [0.1, 0.15) is 22.8 Å². The van der Waals surface area contributed by atoms with E-state index in [1.54, 1.807) is 12.1 Å². The summed E-state index contributed by atoms with van der Waals surface area (Å²) in [6.45, 7) is 2.51. The molecule has 1 aromatic carbocycles. The Kier molecular flexibility index (Phi) is 4.24. The van der Waals surface area contributed by atoms with E-state index in [1.807, 2.05) is 19.1 Å². The molecule has 0 bridgehead atoms. The fourth-order valence-corrected chi connectivity index (χ4v) is 1.18. The van der Waals surface area contributed by atoms with Gasteiger partial charge in [-0.3, -0.25) is 0 Å². The summed E-state index contributed by atoms with van der Waals surface area (Å²) in [7, 11) is 1.37. The van der Waals surface area contributed by atoms with Gasteiger partial charge in [0.2, 0.25) is 0 Å². The SMILES string of the molecule is COC(=O)c1ccc(CNC(C)=S)cc1. The van der Waals surface area contributed by atoms with E-state index in [0.29, 0.717) is 12.1 Å². The van der Waals surface area contributed by atoms with Crippen molar-refractivity contribution in [1.82, 2.24) is 5.32 Å². The summed E-state index contributed by atoms with van der Waals surface area (Å²) in [5.41, 5.74) is 1.63. The highest BCUT2D eigenvalue weighted by Gasteiger charge is 2.03. The van der Waals surface area contributed by atoms with Crippen molar-refractivity contribution in [3.63, 3.8) is 0 Å². The molecule has 0 heterocycles. The summed E-state index contributed by atoms with van der Waals surface area (Å²) >= 11 is 4.90. The summed E-state index contributed by atoms with van der Waals surface area (Å²) in [4.78, 5) is 11.9. The number of methoxy groups -OCH3 is 1. The van der Waals surface area contributed by atoms with Crippen molar-refractivity contribution in [2.75, 3.05) is 7.11 Å². The average Bonchev–Trinajstić information content (AvgIpc) is 2.26. The Hall–Kier alpha value is -1.42. The maximum absolute atomic E-state index is 11.1. The van der Waals surface area contributed by atoms with Gasteiger partial charge in [0.05, 0.1) is 17.7 Å². The van der Waals surface area contributed by atoms with Crippen molar-refractivity contribution in [2.45, 2.75) is 13.5 Å². The Balaban J connectivity index is 2.64. The van der Waals surface area contributed by atoms with Gasteiger partial charge in [0.25, 0.3) is 0 Å². The van der Waals surface area contributed by atoms with Crippen molar-refractivity contribution in [3.05, 3.63) is 35.4 Å². The number of esters is 1. The number of ether oxygens (including phenoxy) is 1. The van der Waals surface area contributed by atoms with Crippen LogP contribution in [0.3, 0.4) is 0 Å². The highest BCUT2D eigenvalue weighted by Crippen LogP contribution is 2.05. The standard InChI is InChI=1S/C11H13NO2S/c1-8(15)12-7-9-3-5-10(6-4-9)11(13)14-2/h3-6H,7H2,1-2H3,(H,12,15). The molecule has 0 amide bonds. The van der Waals surface area contributed by atoms with Gasteiger partial charge >= 0.3 is 5.97 Å². The molecule has 0 aliphatic carbocycles. The van der Waals surface area contributed by atoms with Gasteiger partial charge in [-0.15, -0.1) is 0 Å². The van der Waals surface area contributed by atoms with Crippen LogP contribution in [-0.2, 0) is 11.3 Å². The number of benzene rings is 1. The topological polar surface area (TPSA) is 38.3 Å². The lowest BCUT2D eigenvalue weighted by atomic mass is 10.1. The lowest BCUT2D eigenvalue weighted by Gasteiger charge is -2.04. The first-order valence-corrected chi connectivity index (χ1v) is 4.96. The van der Waals surface area contributed by atoms with Crippen LogP contribution >= 0.6 is 12.2 Å². The molecular formula is C11H13NO2S. The zero-order valence-electron chi connectivity index (χ0n) is 8.74. The van der Waals surface area contributed by atoms with Crippen LogP contribution in [0, 0.1) is 0 Å². The van der Waals surface area contributed by atoms with E-state index in [4.69, 9.17) is 12.2 Å². The minimum absolute atomic E-state index is 0.319. The molecule has 0 atom stereocenters. The number of carbonyl (C=O) groups excluding carboxylic acids is 1. The highest BCUT2D eigenvalue weighted by molar-refractivity contribution is 7.80. The smallest absolute Gasteiger partial charge is 0.337 e. The van der Waals surface area contributed by atoms with E-state index >= 15 is 0 Å². The molecule has 3 nitrogen and oxygen atoms in total. The van der Waals surface area contributed by atoms with Gasteiger partial charge in [0.15, 0.2) is 0 Å². The Bertz CT molecular complexity index is 359.